The molecule has 1 saturated heterocycles. The molecule has 128 valence electrons. The van der Waals surface area contributed by atoms with Gasteiger partial charge in [-0.2, -0.15) is 4.31 Å². The fourth-order valence-corrected chi connectivity index (χ4v) is 5.11. The van der Waals surface area contributed by atoms with Crippen LogP contribution in [-0.2, 0) is 10.0 Å². The van der Waals surface area contributed by atoms with Crippen molar-refractivity contribution in [1.82, 2.24) is 14.3 Å². The van der Waals surface area contributed by atoms with E-state index in [-0.39, 0.29) is 6.04 Å². The molecule has 2 aromatic rings. The van der Waals surface area contributed by atoms with Gasteiger partial charge in [-0.15, -0.1) is 0 Å². The molecule has 2 heterocycles. The lowest BCUT2D eigenvalue weighted by atomic mass is 10.0. The van der Waals surface area contributed by atoms with Gasteiger partial charge in [0.2, 0.25) is 10.0 Å². The molecule has 1 aliphatic heterocycles. The van der Waals surface area contributed by atoms with E-state index >= 15 is 0 Å². The number of anilines is 1. The summed E-state index contributed by atoms with van der Waals surface area (Å²) in [6.45, 7) is 8.55. The Morgan fingerprint density at radius 3 is 2.29 bits per heavy atom. The van der Waals surface area contributed by atoms with Crippen molar-refractivity contribution in [3.8, 4) is 0 Å². The topological polar surface area (TPSA) is 75.2 Å². The van der Waals surface area contributed by atoms with E-state index in [2.05, 4.69) is 15.3 Å². The number of sulfonamides is 1. The molecule has 0 radical (unpaired) electrons. The molecule has 0 saturated carbocycles. The summed E-state index contributed by atoms with van der Waals surface area (Å²) >= 11 is 0. The largest absolute Gasteiger partial charge is 0.365 e. The van der Waals surface area contributed by atoms with Crippen LogP contribution in [0.4, 0.5) is 5.82 Å². The Morgan fingerprint density at radius 1 is 1.12 bits per heavy atom. The molecule has 24 heavy (non-hydrogen) atoms. The molecule has 1 fully saturated rings. The van der Waals surface area contributed by atoms with Crippen LogP contribution in [0.3, 0.4) is 0 Å². The van der Waals surface area contributed by atoms with Crippen LogP contribution in [0.2, 0.25) is 0 Å². The summed E-state index contributed by atoms with van der Waals surface area (Å²) < 4.78 is 27.6. The van der Waals surface area contributed by atoms with Gasteiger partial charge in [-0.1, -0.05) is 6.07 Å². The number of nitrogens with one attached hydrogen (secondary N) is 1. The van der Waals surface area contributed by atoms with Crippen LogP contribution in [0.15, 0.2) is 29.6 Å². The van der Waals surface area contributed by atoms with Gasteiger partial charge in [0.25, 0.3) is 0 Å². The molecule has 0 unspecified atom stereocenters. The number of aromatic nitrogens is 2. The predicted molar refractivity (Wildman–Crippen MR) is 93.6 cm³/mol. The Labute approximate surface area is 143 Å². The Morgan fingerprint density at radius 2 is 1.75 bits per heavy atom. The number of nitrogens with zero attached hydrogens (tertiary/aromatic N) is 3. The van der Waals surface area contributed by atoms with Gasteiger partial charge in [-0.25, -0.2) is 18.4 Å². The summed E-state index contributed by atoms with van der Waals surface area (Å²) in [5.74, 6) is 0.714. The zero-order chi connectivity index (χ0) is 17.5. The van der Waals surface area contributed by atoms with Gasteiger partial charge in [-0.05, 0) is 56.0 Å². The van der Waals surface area contributed by atoms with Crippen molar-refractivity contribution >= 4 is 15.8 Å². The molecule has 3 rings (SSSR count). The van der Waals surface area contributed by atoms with E-state index in [0.29, 0.717) is 23.8 Å². The van der Waals surface area contributed by atoms with Gasteiger partial charge in [0.1, 0.15) is 12.1 Å². The van der Waals surface area contributed by atoms with E-state index in [4.69, 9.17) is 0 Å². The van der Waals surface area contributed by atoms with Gasteiger partial charge in [0.15, 0.2) is 0 Å². The van der Waals surface area contributed by atoms with Gasteiger partial charge in [-0.3, -0.25) is 0 Å². The first-order valence-corrected chi connectivity index (χ1v) is 9.35. The van der Waals surface area contributed by atoms with Crippen LogP contribution < -0.4 is 5.32 Å². The lowest BCUT2D eigenvalue weighted by Gasteiger charge is -2.39. The Hall–Kier alpha value is -1.99. The van der Waals surface area contributed by atoms with Crippen molar-refractivity contribution in [2.75, 3.05) is 18.4 Å². The summed E-state index contributed by atoms with van der Waals surface area (Å²) in [7, 11) is -3.47. The molecular weight excluding hydrogens is 324 g/mol. The summed E-state index contributed by atoms with van der Waals surface area (Å²) in [5.41, 5.74) is 3.69. The van der Waals surface area contributed by atoms with E-state index in [1.807, 2.05) is 33.8 Å². The fraction of sp³-hybridized carbons (Fsp3) is 0.412. The zero-order valence-electron chi connectivity index (χ0n) is 14.4. The number of rotatable bonds is 4. The monoisotopic (exact) mass is 346 g/mol. The van der Waals surface area contributed by atoms with Gasteiger partial charge < -0.3 is 5.32 Å². The lowest BCUT2D eigenvalue weighted by Crippen LogP contribution is -2.57. The second kappa shape index (κ2) is 6.14. The molecule has 1 aliphatic rings. The second-order valence-electron chi connectivity index (χ2n) is 6.35. The Balaban J connectivity index is 1.79. The van der Waals surface area contributed by atoms with Crippen LogP contribution in [0.5, 0.6) is 0 Å². The van der Waals surface area contributed by atoms with Crippen LogP contribution >= 0.6 is 0 Å². The fourth-order valence-electron chi connectivity index (χ4n) is 3.01. The molecule has 0 amide bonds. The quantitative estimate of drug-likeness (QED) is 0.918. The second-order valence-corrected chi connectivity index (χ2v) is 8.22. The van der Waals surface area contributed by atoms with E-state index < -0.39 is 10.0 Å². The highest BCUT2D eigenvalue weighted by molar-refractivity contribution is 7.89. The van der Waals surface area contributed by atoms with Crippen molar-refractivity contribution in [1.29, 1.82) is 0 Å². The molecule has 0 aliphatic carbocycles. The van der Waals surface area contributed by atoms with Crippen LogP contribution in [-0.4, -0.2) is 41.8 Å². The SMILES string of the molecule is Cc1cc(C)c(C)c(S(=O)(=O)N2CC(Nc3ccncn3)C2)c1C. The summed E-state index contributed by atoms with van der Waals surface area (Å²) in [4.78, 5) is 8.43. The first-order valence-electron chi connectivity index (χ1n) is 7.91. The van der Waals surface area contributed by atoms with Crippen molar-refractivity contribution in [3.05, 3.63) is 46.9 Å². The normalized spacial score (nSPS) is 16.0. The van der Waals surface area contributed by atoms with Gasteiger partial charge in [0.05, 0.1) is 10.9 Å². The van der Waals surface area contributed by atoms with Gasteiger partial charge in [0, 0.05) is 19.3 Å². The molecule has 1 N–H and O–H groups in total. The standard InChI is InChI=1S/C17H22N4O2S/c1-11-7-12(2)14(4)17(13(11)3)24(22,23)21-8-15(9-21)20-16-5-6-18-10-19-16/h5-7,10,15H,8-9H2,1-4H3,(H,18,19,20). The average Bonchev–Trinajstić information content (AvgIpc) is 2.49. The van der Waals surface area contributed by atoms with Crippen LogP contribution in [0.25, 0.3) is 0 Å². The van der Waals surface area contributed by atoms with Crippen molar-refractivity contribution in [2.24, 2.45) is 0 Å². The number of benzene rings is 1. The first kappa shape index (κ1) is 16.9. The smallest absolute Gasteiger partial charge is 0.243 e. The minimum Gasteiger partial charge on any atom is -0.365 e. The van der Waals surface area contributed by atoms with E-state index in [9.17, 15) is 8.42 Å². The van der Waals surface area contributed by atoms with Crippen molar-refractivity contribution in [3.63, 3.8) is 0 Å². The minimum atomic E-state index is -3.47. The third kappa shape index (κ3) is 2.89. The molecule has 1 aromatic carbocycles. The highest BCUT2D eigenvalue weighted by atomic mass is 32.2. The third-order valence-electron chi connectivity index (χ3n) is 4.68. The van der Waals surface area contributed by atoms with Gasteiger partial charge >= 0.3 is 0 Å². The molecule has 1 aromatic heterocycles. The van der Waals surface area contributed by atoms with Crippen LogP contribution in [0.1, 0.15) is 22.3 Å². The molecule has 7 heteroatoms. The predicted octanol–water partition coefficient (Wildman–Crippen LogP) is 2.20. The molecule has 0 spiro atoms. The molecule has 6 nitrogen and oxygen atoms in total. The number of aryl methyl sites for hydroxylation is 2. The third-order valence-corrected chi connectivity index (χ3v) is 6.78. The molecule has 0 atom stereocenters. The summed E-state index contributed by atoms with van der Waals surface area (Å²) in [6.07, 6.45) is 3.13. The molecule has 0 bridgehead atoms. The summed E-state index contributed by atoms with van der Waals surface area (Å²) in [6, 6.07) is 3.88. The highest BCUT2D eigenvalue weighted by Crippen LogP contribution is 2.31. The van der Waals surface area contributed by atoms with E-state index in [0.717, 1.165) is 22.3 Å². The average molecular weight is 346 g/mol. The number of hydrogen-bond acceptors (Lipinski definition) is 5. The van der Waals surface area contributed by atoms with Crippen molar-refractivity contribution in [2.45, 2.75) is 38.6 Å². The Kier molecular flexibility index (Phi) is 4.31. The summed E-state index contributed by atoms with van der Waals surface area (Å²) in [5, 5.41) is 3.23. The molecular formula is C17H22N4O2S. The maximum Gasteiger partial charge on any atom is 0.243 e. The zero-order valence-corrected chi connectivity index (χ0v) is 15.2. The van der Waals surface area contributed by atoms with E-state index in [1.165, 1.54) is 10.6 Å². The van der Waals surface area contributed by atoms with Crippen LogP contribution in [0, 0.1) is 27.7 Å². The maximum absolute atomic E-state index is 13.0. The maximum atomic E-state index is 13.0. The van der Waals surface area contributed by atoms with Crippen molar-refractivity contribution < 1.29 is 8.42 Å². The first-order chi connectivity index (χ1) is 11.3. The Bertz CT molecular complexity index is 834. The van der Waals surface area contributed by atoms with E-state index in [1.54, 1.807) is 12.3 Å². The minimum absolute atomic E-state index is 0.0705. The lowest BCUT2D eigenvalue weighted by molar-refractivity contribution is 0.280. The number of hydrogen-bond donors (Lipinski definition) is 1. The highest BCUT2D eigenvalue weighted by Gasteiger charge is 2.38.